The van der Waals surface area contributed by atoms with Gasteiger partial charge in [-0.1, -0.05) is 48.5 Å². The smallest absolute Gasteiger partial charge is 0.407 e. The van der Waals surface area contributed by atoms with Gasteiger partial charge in [0.1, 0.15) is 6.61 Å². The Bertz CT molecular complexity index is 1030. The number of amides is 1. The maximum Gasteiger partial charge on any atom is 0.407 e. The molecule has 154 valence electrons. The second kappa shape index (κ2) is 9.02. The third-order valence-electron chi connectivity index (χ3n) is 5.25. The van der Waals surface area contributed by atoms with Crippen LogP contribution in [0, 0.1) is 0 Å². The van der Waals surface area contributed by atoms with Crippen molar-refractivity contribution in [3.63, 3.8) is 0 Å². The molecule has 1 aliphatic rings. The second-order valence-corrected chi connectivity index (χ2v) is 9.03. The van der Waals surface area contributed by atoms with Crippen LogP contribution in [0.3, 0.4) is 0 Å². The quantitative estimate of drug-likeness (QED) is 0.456. The molecule has 1 atom stereocenters. The number of hydrogen-bond acceptors (Lipinski definition) is 4. The summed E-state index contributed by atoms with van der Waals surface area (Å²) >= 11 is 4.85. The van der Waals surface area contributed by atoms with Gasteiger partial charge in [-0.3, -0.25) is 4.79 Å². The molecule has 0 saturated carbocycles. The predicted octanol–water partition coefficient (Wildman–Crippen LogP) is 5.61. The largest absolute Gasteiger partial charge is 0.481 e. The zero-order valence-electron chi connectivity index (χ0n) is 16.0. The lowest BCUT2D eigenvalue weighted by Crippen LogP contribution is -2.30. The number of rotatable bonds is 7. The number of fused-ring (bicyclic) bond motifs is 3. The average molecular weight is 486 g/mol. The molecule has 0 saturated heterocycles. The number of ether oxygens (including phenoxy) is 1. The highest BCUT2D eigenvalue weighted by Gasteiger charge is 2.29. The van der Waals surface area contributed by atoms with Crippen LogP contribution in [-0.2, 0) is 9.53 Å². The Kier molecular flexibility index (Phi) is 6.20. The van der Waals surface area contributed by atoms with Crippen LogP contribution in [0.1, 0.15) is 34.3 Å². The van der Waals surface area contributed by atoms with E-state index in [1.165, 1.54) is 22.5 Å². The van der Waals surface area contributed by atoms with Crippen molar-refractivity contribution in [1.29, 1.82) is 0 Å². The summed E-state index contributed by atoms with van der Waals surface area (Å²) < 4.78 is 6.43. The van der Waals surface area contributed by atoms with Gasteiger partial charge in [-0.05, 0) is 44.3 Å². The standard InChI is InChI=1S/C23H20BrNO4S/c24-15-10-21(30-13-15)14(9-22(26)27)11-25-23(28)29-12-20-18-7-3-1-5-16(18)17-6-2-4-8-19(17)20/h1-8,10,13-14,20H,9,11-12H2,(H,25,28)(H,26,27). The Balaban J connectivity index is 1.39. The Morgan fingerprint density at radius 2 is 1.73 bits per heavy atom. The minimum absolute atomic E-state index is 0.00813. The van der Waals surface area contributed by atoms with Gasteiger partial charge in [-0.2, -0.15) is 0 Å². The summed E-state index contributed by atoms with van der Waals surface area (Å²) in [5.41, 5.74) is 4.65. The first-order valence-electron chi connectivity index (χ1n) is 9.57. The number of hydrogen-bond donors (Lipinski definition) is 2. The fourth-order valence-corrected chi connectivity index (χ4v) is 5.43. The van der Waals surface area contributed by atoms with Crippen molar-refractivity contribution in [3.05, 3.63) is 80.5 Å². The van der Waals surface area contributed by atoms with Gasteiger partial charge in [-0.25, -0.2) is 4.79 Å². The summed E-state index contributed by atoms with van der Waals surface area (Å²) in [6, 6.07) is 18.2. The average Bonchev–Trinajstić information content (AvgIpc) is 3.31. The van der Waals surface area contributed by atoms with Gasteiger partial charge in [0.05, 0.1) is 6.42 Å². The zero-order valence-corrected chi connectivity index (χ0v) is 18.4. The van der Waals surface area contributed by atoms with E-state index >= 15 is 0 Å². The molecule has 0 fully saturated rings. The van der Waals surface area contributed by atoms with E-state index in [4.69, 9.17) is 4.74 Å². The molecule has 2 aromatic carbocycles. The van der Waals surface area contributed by atoms with Crippen LogP contribution in [0.5, 0.6) is 0 Å². The predicted molar refractivity (Wildman–Crippen MR) is 120 cm³/mol. The van der Waals surface area contributed by atoms with Crippen LogP contribution >= 0.6 is 27.3 Å². The molecule has 0 aliphatic heterocycles. The highest BCUT2D eigenvalue weighted by molar-refractivity contribution is 9.10. The van der Waals surface area contributed by atoms with Crippen molar-refractivity contribution in [2.45, 2.75) is 18.3 Å². The molecule has 0 radical (unpaired) electrons. The van der Waals surface area contributed by atoms with Crippen LogP contribution in [0.15, 0.2) is 64.5 Å². The molecule has 1 heterocycles. The number of nitrogens with one attached hydrogen (secondary N) is 1. The summed E-state index contributed by atoms with van der Waals surface area (Å²) in [4.78, 5) is 24.5. The topological polar surface area (TPSA) is 75.6 Å². The highest BCUT2D eigenvalue weighted by Crippen LogP contribution is 2.44. The highest BCUT2D eigenvalue weighted by atomic mass is 79.9. The Morgan fingerprint density at radius 3 is 2.30 bits per heavy atom. The molecule has 1 aliphatic carbocycles. The monoisotopic (exact) mass is 485 g/mol. The third kappa shape index (κ3) is 4.42. The molecule has 1 aromatic heterocycles. The van der Waals surface area contributed by atoms with Gasteiger partial charge < -0.3 is 15.2 Å². The van der Waals surface area contributed by atoms with Crippen LogP contribution in [0.2, 0.25) is 0 Å². The molecule has 2 N–H and O–H groups in total. The Morgan fingerprint density at radius 1 is 1.10 bits per heavy atom. The number of thiophene rings is 1. The van der Waals surface area contributed by atoms with E-state index in [9.17, 15) is 14.7 Å². The number of carbonyl (C=O) groups excluding carboxylic acids is 1. The van der Waals surface area contributed by atoms with Crippen molar-refractivity contribution >= 4 is 39.3 Å². The van der Waals surface area contributed by atoms with Crippen molar-refractivity contribution in [3.8, 4) is 11.1 Å². The molecule has 1 unspecified atom stereocenters. The van der Waals surface area contributed by atoms with E-state index < -0.39 is 12.1 Å². The Hall–Kier alpha value is -2.64. The lowest BCUT2D eigenvalue weighted by atomic mass is 9.98. The summed E-state index contributed by atoms with van der Waals surface area (Å²) in [5, 5.41) is 13.8. The molecule has 4 rings (SSSR count). The van der Waals surface area contributed by atoms with E-state index in [-0.39, 0.29) is 31.4 Å². The van der Waals surface area contributed by atoms with E-state index in [0.717, 1.165) is 20.5 Å². The minimum atomic E-state index is -0.904. The molecule has 30 heavy (non-hydrogen) atoms. The molecule has 7 heteroatoms. The molecule has 1 amide bonds. The summed E-state index contributed by atoms with van der Waals surface area (Å²) in [5.74, 6) is -1.22. The molecule has 5 nitrogen and oxygen atoms in total. The zero-order chi connectivity index (χ0) is 21.1. The van der Waals surface area contributed by atoms with Gasteiger partial charge in [-0.15, -0.1) is 11.3 Å². The van der Waals surface area contributed by atoms with Gasteiger partial charge in [0, 0.05) is 33.1 Å². The van der Waals surface area contributed by atoms with Gasteiger partial charge in [0.2, 0.25) is 0 Å². The lowest BCUT2D eigenvalue weighted by Gasteiger charge is -2.17. The fourth-order valence-electron chi connectivity index (χ4n) is 3.88. The van der Waals surface area contributed by atoms with E-state index in [1.807, 2.05) is 35.7 Å². The van der Waals surface area contributed by atoms with Crippen molar-refractivity contribution < 1.29 is 19.4 Å². The first-order chi connectivity index (χ1) is 14.5. The van der Waals surface area contributed by atoms with Crippen LogP contribution in [-0.4, -0.2) is 30.3 Å². The summed E-state index contributed by atoms with van der Waals surface area (Å²) in [6.45, 7) is 0.434. The second-order valence-electron chi connectivity index (χ2n) is 7.17. The van der Waals surface area contributed by atoms with Crippen LogP contribution in [0.4, 0.5) is 4.79 Å². The van der Waals surface area contributed by atoms with Crippen molar-refractivity contribution in [2.75, 3.05) is 13.2 Å². The third-order valence-corrected chi connectivity index (χ3v) is 7.10. The molecular weight excluding hydrogens is 466 g/mol. The van der Waals surface area contributed by atoms with E-state index in [0.29, 0.717) is 0 Å². The summed E-state index contributed by atoms with van der Waals surface area (Å²) in [6.07, 6.45) is -0.598. The normalized spacial score (nSPS) is 13.4. The van der Waals surface area contributed by atoms with E-state index in [1.54, 1.807) is 0 Å². The van der Waals surface area contributed by atoms with Crippen LogP contribution < -0.4 is 5.32 Å². The first-order valence-corrected chi connectivity index (χ1v) is 11.2. The number of benzene rings is 2. The maximum absolute atomic E-state index is 12.4. The maximum atomic E-state index is 12.4. The van der Waals surface area contributed by atoms with Gasteiger partial charge >= 0.3 is 12.1 Å². The van der Waals surface area contributed by atoms with Crippen molar-refractivity contribution in [1.82, 2.24) is 5.32 Å². The Labute approximate surface area is 186 Å². The van der Waals surface area contributed by atoms with Gasteiger partial charge in [0.25, 0.3) is 0 Å². The number of carboxylic acids is 1. The number of alkyl carbamates (subject to hydrolysis) is 1. The number of halogens is 1. The van der Waals surface area contributed by atoms with E-state index in [2.05, 4.69) is 45.5 Å². The SMILES string of the molecule is O=C(O)CC(CNC(=O)OCC1c2ccccc2-c2ccccc21)c1cc(Br)cs1. The molecule has 0 bridgehead atoms. The van der Waals surface area contributed by atoms with Crippen molar-refractivity contribution in [2.24, 2.45) is 0 Å². The minimum Gasteiger partial charge on any atom is -0.481 e. The molecule has 3 aromatic rings. The number of carbonyl (C=O) groups is 2. The molecule has 0 spiro atoms. The van der Waals surface area contributed by atoms with Crippen LogP contribution in [0.25, 0.3) is 11.1 Å². The molecular formula is C23H20BrNO4S. The summed E-state index contributed by atoms with van der Waals surface area (Å²) in [7, 11) is 0. The first kappa shape index (κ1) is 20.6. The lowest BCUT2D eigenvalue weighted by molar-refractivity contribution is -0.137. The fraction of sp³-hybridized carbons (Fsp3) is 0.217. The number of carboxylic acid groups (broad SMARTS) is 1. The van der Waals surface area contributed by atoms with Gasteiger partial charge in [0.15, 0.2) is 0 Å². The number of aliphatic carboxylic acids is 1.